The fourth-order valence-corrected chi connectivity index (χ4v) is 3.81. The summed E-state index contributed by atoms with van der Waals surface area (Å²) in [4.78, 5) is 20.1. The topological polar surface area (TPSA) is 82.5 Å². The molecular weight excluding hydrogens is 358 g/mol. The van der Waals surface area contributed by atoms with Gasteiger partial charge in [-0.25, -0.2) is 13.8 Å². The number of nitrogens with zero attached hydrogens (tertiary/aromatic N) is 2. The van der Waals surface area contributed by atoms with E-state index in [0.29, 0.717) is 5.56 Å². The van der Waals surface area contributed by atoms with Crippen molar-refractivity contribution in [2.45, 2.75) is 24.8 Å². The molecule has 3 rings (SSSR count). The molecule has 0 radical (unpaired) electrons. The molecule has 2 unspecified atom stereocenters. The SMILES string of the molecule is CN1C(=O)C(c2ccc(C(C)(F)F)cc2)C(c2ccc(C=N)s2)N=C1N. The van der Waals surface area contributed by atoms with E-state index in [4.69, 9.17) is 11.1 Å². The van der Waals surface area contributed by atoms with Gasteiger partial charge in [-0.05, 0) is 17.7 Å². The quantitative estimate of drug-likeness (QED) is 0.801. The molecule has 5 nitrogen and oxygen atoms in total. The summed E-state index contributed by atoms with van der Waals surface area (Å²) in [6.07, 6.45) is 1.23. The molecule has 0 saturated heterocycles. The van der Waals surface area contributed by atoms with Gasteiger partial charge in [0.05, 0.1) is 5.92 Å². The molecule has 0 bridgehead atoms. The maximum atomic E-state index is 13.5. The van der Waals surface area contributed by atoms with Crippen molar-refractivity contribution in [1.82, 2.24) is 4.90 Å². The van der Waals surface area contributed by atoms with Crippen LogP contribution in [-0.4, -0.2) is 30.0 Å². The molecule has 3 N–H and O–H groups in total. The number of thiophene rings is 1. The molecule has 136 valence electrons. The predicted octanol–water partition coefficient (Wildman–Crippen LogP) is 3.47. The van der Waals surface area contributed by atoms with Crippen LogP contribution in [0, 0.1) is 5.41 Å². The van der Waals surface area contributed by atoms with E-state index in [1.165, 1.54) is 53.8 Å². The van der Waals surface area contributed by atoms with E-state index in [1.54, 1.807) is 6.07 Å². The molecule has 2 aromatic rings. The van der Waals surface area contributed by atoms with E-state index in [-0.39, 0.29) is 17.4 Å². The Morgan fingerprint density at radius 2 is 1.92 bits per heavy atom. The molecular formula is C18H18F2N4OS. The highest BCUT2D eigenvalue weighted by atomic mass is 32.1. The summed E-state index contributed by atoms with van der Waals surface area (Å²) in [5.41, 5.74) is 6.36. The Balaban J connectivity index is 2.06. The van der Waals surface area contributed by atoms with E-state index >= 15 is 0 Å². The Bertz CT molecular complexity index is 870. The van der Waals surface area contributed by atoms with Crippen LogP contribution in [0.2, 0.25) is 0 Å². The molecule has 0 fully saturated rings. The number of hydrogen-bond donors (Lipinski definition) is 2. The highest BCUT2D eigenvalue weighted by Gasteiger charge is 2.39. The number of likely N-dealkylation sites (N-methyl/N-ethyl adjacent to an activating group) is 1. The van der Waals surface area contributed by atoms with Gasteiger partial charge >= 0.3 is 0 Å². The van der Waals surface area contributed by atoms with Crippen molar-refractivity contribution in [3.8, 4) is 0 Å². The Hall–Kier alpha value is -2.61. The standard InChI is InChI=1S/C18H18F2N4OS/c1-18(19,20)11-5-3-10(4-6-11)14-15(13-8-7-12(9-21)26-13)23-17(22)24(2)16(14)25/h3-9,14-15,21H,1-2H3,(H2,22,23). The van der Waals surface area contributed by atoms with Gasteiger partial charge in [0.2, 0.25) is 5.91 Å². The van der Waals surface area contributed by atoms with Crippen LogP contribution in [0.15, 0.2) is 41.4 Å². The third-order valence-corrected chi connectivity index (χ3v) is 5.49. The number of rotatable bonds is 4. The van der Waals surface area contributed by atoms with Gasteiger partial charge < -0.3 is 11.1 Å². The number of amides is 1. The Kier molecular flexibility index (Phi) is 4.62. The zero-order valence-electron chi connectivity index (χ0n) is 14.2. The largest absolute Gasteiger partial charge is 0.369 e. The van der Waals surface area contributed by atoms with Crippen molar-refractivity contribution in [1.29, 1.82) is 5.41 Å². The van der Waals surface area contributed by atoms with Crippen LogP contribution < -0.4 is 5.73 Å². The predicted molar refractivity (Wildman–Crippen MR) is 98.1 cm³/mol. The number of benzene rings is 1. The summed E-state index contributed by atoms with van der Waals surface area (Å²) in [7, 11) is 1.54. The molecule has 1 aliphatic heterocycles. The zero-order valence-corrected chi connectivity index (χ0v) is 15.1. The fourth-order valence-electron chi connectivity index (χ4n) is 2.90. The number of alkyl halides is 2. The summed E-state index contributed by atoms with van der Waals surface area (Å²) >= 11 is 1.35. The van der Waals surface area contributed by atoms with Crippen molar-refractivity contribution in [2.75, 3.05) is 7.05 Å². The van der Waals surface area contributed by atoms with Crippen molar-refractivity contribution < 1.29 is 13.6 Å². The van der Waals surface area contributed by atoms with Crippen molar-refractivity contribution in [3.05, 3.63) is 57.3 Å². The van der Waals surface area contributed by atoms with Crippen molar-refractivity contribution >= 4 is 29.4 Å². The van der Waals surface area contributed by atoms with Crippen molar-refractivity contribution in [2.24, 2.45) is 10.7 Å². The first-order valence-corrected chi connectivity index (χ1v) is 8.73. The van der Waals surface area contributed by atoms with Gasteiger partial charge in [-0.15, -0.1) is 11.3 Å². The lowest BCUT2D eigenvalue weighted by molar-refractivity contribution is -0.129. The van der Waals surface area contributed by atoms with Crippen LogP contribution in [0.4, 0.5) is 8.78 Å². The molecule has 2 heterocycles. The molecule has 0 spiro atoms. The fraction of sp³-hybridized carbons (Fsp3) is 0.278. The number of guanidine groups is 1. The van der Waals surface area contributed by atoms with Crippen LogP contribution in [0.3, 0.4) is 0 Å². The minimum Gasteiger partial charge on any atom is -0.369 e. The van der Waals surface area contributed by atoms with Crippen molar-refractivity contribution in [3.63, 3.8) is 0 Å². The van der Waals surface area contributed by atoms with Gasteiger partial charge in [-0.1, -0.05) is 24.3 Å². The molecule has 0 saturated carbocycles. The summed E-state index contributed by atoms with van der Waals surface area (Å²) < 4.78 is 26.9. The maximum absolute atomic E-state index is 13.5. The van der Waals surface area contributed by atoms with Crippen LogP contribution in [-0.2, 0) is 10.7 Å². The molecule has 1 aliphatic rings. The van der Waals surface area contributed by atoms with E-state index in [0.717, 1.165) is 16.7 Å². The van der Waals surface area contributed by atoms with Crippen LogP contribution >= 0.6 is 11.3 Å². The molecule has 1 aromatic carbocycles. The molecule has 0 aliphatic carbocycles. The number of nitrogens with one attached hydrogen (secondary N) is 1. The lowest BCUT2D eigenvalue weighted by Crippen LogP contribution is -2.46. The zero-order chi connectivity index (χ0) is 19.1. The highest BCUT2D eigenvalue weighted by Crippen LogP contribution is 2.41. The molecule has 1 aromatic heterocycles. The number of hydrogen-bond acceptors (Lipinski definition) is 5. The van der Waals surface area contributed by atoms with Crippen LogP contribution in [0.25, 0.3) is 0 Å². The monoisotopic (exact) mass is 376 g/mol. The summed E-state index contributed by atoms with van der Waals surface area (Å²) in [6.45, 7) is 0.833. The molecule has 1 amide bonds. The van der Waals surface area contributed by atoms with Gasteiger partial charge in [0.25, 0.3) is 5.92 Å². The van der Waals surface area contributed by atoms with Gasteiger partial charge in [0.1, 0.15) is 6.04 Å². The first-order valence-electron chi connectivity index (χ1n) is 7.91. The van der Waals surface area contributed by atoms with Crippen LogP contribution in [0.5, 0.6) is 0 Å². The molecule has 26 heavy (non-hydrogen) atoms. The number of halogens is 2. The summed E-state index contributed by atoms with van der Waals surface area (Å²) in [6, 6.07) is 8.78. The third-order valence-electron chi connectivity index (χ3n) is 4.39. The van der Waals surface area contributed by atoms with Gasteiger partial charge in [-0.2, -0.15) is 0 Å². The van der Waals surface area contributed by atoms with Crippen LogP contribution in [0.1, 0.15) is 39.8 Å². The van der Waals surface area contributed by atoms with E-state index in [1.807, 2.05) is 6.07 Å². The highest BCUT2D eigenvalue weighted by molar-refractivity contribution is 7.13. The van der Waals surface area contributed by atoms with Gasteiger partial charge in [0, 0.05) is 35.5 Å². The number of carbonyl (C=O) groups excluding carboxylic acids is 1. The first kappa shape index (κ1) is 18.2. The minimum absolute atomic E-state index is 0.109. The average Bonchev–Trinajstić information content (AvgIpc) is 3.08. The van der Waals surface area contributed by atoms with E-state index in [2.05, 4.69) is 4.99 Å². The average molecular weight is 376 g/mol. The van der Waals surface area contributed by atoms with Gasteiger partial charge in [-0.3, -0.25) is 9.69 Å². The number of carbonyl (C=O) groups is 1. The smallest absolute Gasteiger partial charge is 0.270 e. The molecule has 2 atom stereocenters. The number of aliphatic imine (C=N–C) groups is 1. The Morgan fingerprint density at radius 1 is 1.27 bits per heavy atom. The minimum atomic E-state index is -2.94. The summed E-state index contributed by atoms with van der Waals surface area (Å²) in [5, 5.41) is 7.36. The molecule has 8 heteroatoms. The summed E-state index contributed by atoms with van der Waals surface area (Å²) in [5.74, 6) is -3.74. The lowest BCUT2D eigenvalue weighted by Gasteiger charge is -2.32. The normalized spacial score (nSPS) is 20.8. The maximum Gasteiger partial charge on any atom is 0.270 e. The Labute approximate surface area is 153 Å². The number of nitrogens with two attached hydrogens (primary N) is 1. The van der Waals surface area contributed by atoms with E-state index in [9.17, 15) is 13.6 Å². The lowest BCUT2D eigenvalue weighted by atomic mass is 9.87. The second-order valence-corrected chi connectivity index (χ2v) is 7.35. The second kappa shape index (κ2) is 6.60. The third kappa shape index (κ3) is 3.24. The Morgan fingerprint density at radius 3 is 2.46 bits per heavy atom. The second-order valence-electron chi connectivity index (χ2n) is 6.20. The van der Waals surface area contributed by atoms with E-state index < -0.39 is 17.9 Å². The van der Waals surface area contributed by atoms with Gasteiger partial charge in [0.15, 0.2) is 5.96 Å². The first-order chi connectivity index (χ1) is 12.2.